The van der Waals surface area contributed by atoms with Gasteiger partial charge in [0, 0.05) is 0 Å². The molecule has 0 bridgehead atoms. The Balaban J connectivity index is 2.72. The molecular weight excluding hydrogens is 233 g/mol. The van der Waals surface area contributed by atoms with Crippen molar-refractivity contribution in [2.45, 2.75) is 25.8 Å². The Morgan fingerprint density at radius 2 is 2.23 bits per heavy atom. The molecule has 3 N–H and O–H groups in total. The van der Waals surface area contributed by atoms with Gasteiger partial charge in [-0.15, -0.1) is 0 Å². The van der Waals surface area contributed by atoms with E-state index in [2.05, 4.69) is 4.23 Å². The van der Waals surface area contributed by atoms with Crippen molar-refractivity contribution in [1.82, 2.24) is 4.23 Å². The molecule has 5 heteroatoms. The van der Waals surface area contributed by atoms with Gasteiger partial charge in [0.15, 0.2) is 0 Å². The number of nitrogens with one attached hydrogen (secondary N) is 1. The van der Waals surface area contributed by atoms with Gasteiger partial charge in [-0.1, -0.05) is 0 Å². The molecule has 1 unspecified atom stereocenters. The molecule has 0 spiro atoms. The van der Waals surface area contributed by atoms with E-state index in [-0.39, 0.29) is 0 Å². The summed E-state index contributed by atoms with van der Waals surface area (Å²) in [5.74, 6) is 0. The number of allylic oxidation sites excluding steroid dienone is 2. The van der Waals surface area contributed by atoms with E-state index < -0.39 is 19.9 Å². The zero-order chi connectivity index (χ0) is 10.1. The van der Waals surface area contributed by atoms with Crippen molar-refractivity contribution < 1.29 is 11.9 Å². The van der Waals surface area contributed by atoms with E-state index in [9.17, 15) is 3.74 Å². The molecule has 1 aliphatic carbocycles. The summed E-state index contributed by atoms with van der Waals surface area (Å²) >= 11 is -4.74. The Labute approximate surface area is 80.6 Å². The Morgan fingerprint density at radius 3 is 2.62 bits per heavy atom. The van der Waals surface area contributed by atoms with E-state index in [1.807, 2.05) is 19.1 Å². The number of hydrogen-bond donors (Lipinski definition) is 3. The average molecular weight is 247 g/mol. The van der Waals surface area contributed by atoms with Crippen molar-refractivity contribution in [2.24, 2.45) is 0 Å². The van der Waals surface area contributed by atoms with Crippen molar-refractivity contribution in [1.29, 1.82) is 0 Å². The average Bonchev–Trinajstić information content (AvgIpc) is 1.92. The normalized spacial score (nSPS) is 28.8. The van der Waals surface area contributed by atoms with Gasteiger partial charge in [0.05, 0.1) is 0 Å². The first-order valence-corrected chi connectivity index (χ1v) is 7.40. The fourth-order valence-electron chi connectivity index (χ4n) is 1.24. The Morgan fingerprint density at radius 1 is 1.62 bits per heavy atom. The van der Waals surface area contributed by atoms with Gasteiger partial charge in [-0.2, -0.15) is 0 Å². The first-order chi connectivity index (χ1) is 5.81. The summed E-state index contributed by atoms with van der Waals surface area (Å²) in [7, 11) is 0. The second-order valence-corrected chi connectivity index (χ2v) is 6.31. The second kappa shape index (κ2) is 3.46. The SMILES string of the molecule is CC1=CCC(C)(N[As](=O)(O)O)C=C1. The van der Waals surface area contributed by atoms with Gasteiger partial charge in [-0.3, -0.25) is 0 Å². The molecule has 0 aromatic carbocycles. The number of rotatable bonds is 2. The van der Waals surface area contributed by atoms with Crippen LogP contribution >= 0.6 is 0 Å². The van der Waals surface area contributed by atoms with Gasteiger partial charge in [-0.25, -0.2) is 0 Å². The molecule has 0 fully saturated rings. The predicted molar refractivity (Wildman–Crippen MR) is 49.9 cm³/mol. The van der Waals surface area contributed by atoms with Gasteiger partial charge < -0.3 is 0 Å². The van der Waals surface area contributed by atoms with Crippen LogP contribution in [0.2, 0.25) is 0 Å². The monoisotopic (exact) mass is 247 g/mol. The first kappa shape index (κ1) is 10.8. The van der Waals surface area contributed by atoms with Crippen molar-refractivity contribution >= 4 is 14.4 Å². The van der Waals surface area contributed by atoms with Crippen molar-refractivity contribution in [3.8, 4) is 0 Å². The molecule has 1 atom stereocenters. The molecule has 4 nitrogen and oxygen atoms in total. The summed E-state index contributed by atoms with van der Waals surface area (Å²) in [4.78, 5) is 0. The van der Waals surface area contributed by atoms with Crippen LogP contribution in [0, 0.1) is 0 Å². The molecule has 74 valence electrons. The van der Waals surface area contributed by atoms with Crippen LogP contribution in [0.4, 0.5) is 0 Å². The molecule has 0 radical (unpaired) electrons. The van der Waals surface area contributed by atoms with Crippen LogP contribution in [0.1, 0.15) is 20.3 Å². The molecule has 0 saturated carbocycles. The van der Waals surface area contributed by atoms with E-state index in [1.165, 1.54) is 0 Å². The fourth-order valence-corrected chi connectivity index (χ4v) is 2.98. The molecule has 0 aromatic rings. The van der Waals surface area contributed by atoms with E-state index >= 15 is 0 Å². The van der Waals surface area contributed by atoms with Crippen LogP contribution in [-0.4, -0.2) is 28.1 Å². The quantitative estimate of drug-likeness (QED) is 0.605. The summed E-state index contributed by atoms with van der Waals surface area (Å²) in [6.07, 6.45) is 6.23. The molecule has 0 aromatic heterocycles. The maximum atomic E-state index is 10.8. The van der Waals surface area contributed by atoms with Gasteiger partial charge in [0.1, 0.15) is 0 Å². The van der Waals surface area contributed by atoms with Crippen molar-refractivity contribution in [2.75, 3.05) is 0 Å². The minimum atomic E-state index is -4.74. The van der Waals surface area contributed by atoms with Gasteiger partial charge >= 0.3 is 80.2 Å². The van der Waals surface area contributed by atoms with Gasteiger partial charge in [0.25, 0.3) is 0 Å². The van der Waals surface area contributed by atoms with Crippen LogP contribution in [0.25, 0.3) is 0 Å². The van der Waals surface area contributed by atoms with Crippen molar-refractivity contribution in [3.05, 3.63) is 23.8 Å². The standard InChI is InChI=1S/C8H14AsNO3/c1-7-3-5-8(2,6-4-7)10-9(11,12)13/h3-5H,6H2,1-2H3,(H3,10,11,12,13). The summed E-state index contributed by atoms with van der Waals surface area (Å²) in [6.45, 7) is 3.73. The third-order valence-corrected chi connectivity index (χ3v) is 3.65. The Kier molecular flexibility index (Phi) is 2.88. The van der Waals surface area contributed by atoms with E-state index in [1.54, 1.807) is 13.0 Å². The minimum absolute atomic E-state index is 0.599. The summed E-state index contributed by atoms with van der Waals surface area (Å²) in [5, 5.41) is 0. The van der Waals surface area contributed by atoms with Crippen LogP contribution < -0.4 is 4.23 Å². The molecular formula is C8H14AsNO3. The fraction of sp³-hybridized carbons (Fsp3) is 0.500. The van der Waals surface area contributed by atoms with Gasteiger partial charge in [-0.05, 0) is 0 Å². The third-order valence-electron chi connectivity index (χ3n) is 1.96. The zero-order valence-corrected chi connectivity index (χ0v) is 9.57. The van der Waals surface area contributed by atoms with Gasteiger partial charge in [0.2, 0.25) is 0 Å². The zero-order valence-electron chi connectivity index (χ0n) is 7.69. The third kappa shape index (κ3) is 3.53. The summed E-state index contributed by atoms with van der Waals surface area (Å²) in [5.41, 5.74) is 0.523. The van der Waals surface area contributed by atoms with Crippen molar-refractivity contribution in [3.63, 3.8) is 0 Å². The summed E-state index contributed by atoms with van der Waals surface area (Å²) < 4.78 is 30.7. The molecule has 0 amide bonds. The Hall–Kier alpha value is -0.282. The first-order valence-electron chi connectivity index (χ1n) is 4.02. The molecule has 1 aliphatic rings. The molecule has 13 heavy (non-hydrogen) atoms. The molecule has 1 rings (SSSR count). The molecule has 0 heterocycles. The van der Waals surface area contributed by atoms with E-state index in [4.69, 9.17) is 8.19 Å². The maximum absolute atomic E-state index is 10.8. The van der Waals surface area contributed by atoms with E-state index in [0.29, 0.717) is 6.42 Å². The molecule has 0 saturated heterocycles. The van der Waals surface area contributed by atoms with Crippen LogP contribution in [0.3, 0.4) is 0 Å². The summed E-state index contributed by atoms with van der Waals surface area (Å²) in [6, 6.07) is 0. The van der Waals surface area contributed by atoms with Crippen LogP contribution in [-0.2, 0) is 3.74 Å². The van der Waals surface area contributed by atoms with Crippen LogP contribution in [0.5, 0.6) is 0 Å². The Bertz CT molecular complexity index is 305. The second-order valence-electron chi connectivity index (χ2n) is 3.56. The molecule has 0 aliphatic heterocycles. The van der Waals surface area contributed by atoms with Crippen LogP contribution in [0.15, 0.2) is 23.8 Å². The predicted octanol–water partition coefficient (Wildman–Crippen LogP) is 0.0916. The topological polar surface area (TPSA) is 69.6 Å². The number of hydrogen-bond acceptors (Lipinski definition) is 1. The van der Waals surface area contributed by atoms with E-state index in [0.717, 1.165) is 5.57 Å².